The summed E-state index contributed by atoms with van der Waals surface area (Å²) in [5, 5.41) is 0. The summed E-state index contributed by atoms with van der Waals surface area (Å²) in [6.45, 7) is 5.21. The fourth-order valence-electron chi connectivity index (χ4n) is 1.66. The Bertz CT molecular complexity index is 203. The molecule has 1 heteroatoms. The van der Waals surface area contributed by atoms with Crippen molar-refractivity contribution in [2.45, 2.75) is 52.1 Å². The molecule has 0 radical (unpaired) electrons. The maximum Gasteiger partial charge on any atom is 0.0797 e. The predicted molar refractivity (Wildman–Crippen MR) is 61.4 cm³/mol. The van der Waals surface area contributed by atoms with E-state index in [0.29, 0.717) is 6.10 Å². The first-order valence-electron chi connectivity index (χ1n) is 5.77. The van der Waals surface area contributed by atoms with Crippen LogP contribution in [0.15, 0.2) is 23.8 Å². The van der Waals surface area contributed by atoms with Gasteiger partial charge in [0.05, 0.1) is 12.7 Å². The summed E-state index contributed by atoms with van der Waals surface area (Å²) in [7, 11) is 0. The first-order valence-corrected chi connectivity index (χ1v) is 5.77. The number of ether oxygens (including phenoxy) is 1. The molecule has 0 aromatic carbocycles. The lowest BCUT2D eigenvalue weighted by atomic mass is 10.1. The van der Waals surface area contributed by atoms with E-state index in [1.165, 1.54) is 31.3 Å². The molecule has 0 amide bonds. The van der Waals surface area contributed by atoms with Crippen LogP contribution < -0.4 is 0 Å². The van der Waals surface area contributed by atoms with E-state index >= 15 is 0 Å². The Morgan fingerprint density at radius 2 is 2.36 bits per heavy atom. The molecule has 1 aliphatic heterocycles. The van der Waals surface area contributed by atoms with Gasteiger partial charge in [0.25, 0.3) is 0 Å². The topological polar surface area (TPSA) is 9.23 Å². The second-order valence-corrected chi connectivity index (χ2v) is 4.05. The van der Waals surface area contributed by atoms with E-state index in [0.717, 1.165) is 13.0 Å². The number of hydrogen-bond donors (Lipinski definition) is 0. The molecule has 0 aromatic heterocycles. The molecule has 1 unspecified atom stereocenters. The zero-order valence-electron chi connectivity index (χ0n) is 9.46. The van der Waals surface area contributed by atoms with Crippen LogP contribution in [0.4, 0.5) is 0 Å². The maximum absolute atomic E-state index is 5.59. The van der Waals surface area contributed by atoms with Gasteiger partial charge in [0.2, 0.25) is 0 Å². The highest BCUT2D eigenvalue weighted by atomic mass is 16.5. The second kappa shape index (κ2) is 6.83. The molecule has 0 fully saturated rings. The molecule has 1 nitrogen and oxygen atoms in total. The summed E-state index contributed by atoms with van der Waals surface area (Å²) in [6, 6.07) is 0. The monoisotopic (exact) mass is 194 g/mol. The van der Waals surface area contributed by atoms with Crippen molar-refractivity contribution in [3.05, 3.63) is 23.8 Å². The molecular formula is C13H22O. The lowest BCUT2D eigenvalue weighted by Gasteiger charge is -2.18. The smallest absolute Gasteiger partial charge is 0.0797 e. The van der Waals surface area contributed by atoms with Crippen molar-refractivity contribution in [3.8, 4) is 0 Å². The van der Waals surface area contributed by atoms with Crippen molar-refractivity contribution in [1.29, 1.82) is 0 Å². The average Bonchev–Trinajstić information content (AvgIpc) is 2.18. The van der Waals surface area contributed by atoms with Crippen molar-refractivity contribution >= 4 is 0 Å². The minimum atomic E-state index is 0.335. The van der Waals surface area contributed by atoms with Gasteiger partial charge in [-0.25, -0.2) is 0 Å². The zero-order chi connectivity index (χ0) is 10.2. The third-order valence-corrected chi connectivity index (χ3v) is 2.59. The summed E-state index contributed by atoms with van der Waals surface area (Å²) in [5.74, 6) is 0. The van der Waals surface area contributed by atoms with Crippen molar-refractivity contribution in [3.63, 3.8) is 0 Å². The van der Waals surface area contributed by atoms with E-state index in [2.05, 4.69) is 32.1 Å². The van der Waals surface area contributed by atoms with Gasteiger partial charge in [-0.2, -0.15) is 0 Å². The quantitative estimate of drug-likeness (QED) is 0.477. The summed E-state index contributed by atoms with van der Waals surface area (Å²) < 4.78 is 5.59. The molecule has 0 N–H and O–H groups in total. The minimum Gasteiger partial charge on any atom is -0.370 e. The van der Waals surface area contributed by atoms with E-state index in [4.69, 9.17) is 4.74 Å². The van der Waals surface area contributed by atoms with Gasteiger partial charge in [0.1, 0.15) is 0 Å². The molecule has 80 valence electrons. The molecule has 0 aromatic rings. The Labute approximate surface area is 87.8 Å². The molecular weight excluding hydrogens is 172 g/mol. The highest BCUT2D eigenvalue weighted by molar-refractivity contribution is 5.07. The Morgan fingerprint density at radius 1 is 1.50 bits per heavy atom. The van der Waals surface area contributed by atoms with Crippen molar-refractivity contribution in [2.75, 3.05) is 6.61 Å². The summed E-state index contributed by atoms with van der Waals surface area (Å²) in [6.07, 6.45) is 13.2. The summed E-state index contributed by atoms with van der Waals surface area (Å²) >= 11 is 0. The number of hydrogen-bond acceptors (Lipinski definition) is 1. The molecule has 1 heterocycles. The normalized spacial score (nSPS) is 22.7. The molecule has 14 heavy (non-hydrogen) atoms. The number of unbranched alkanes of at least 4 members (excludes halogenated alkanes) is 3. The highest BCUT2D eigenvalue weighted by Crippen LogP contribution is 2.15. The Morgan fingerprint density at radius 3 is 3.07 bits per heavy atom. The van der Waals surface area contributed by atoms with Crippen molar-refractivity contribution < 1.29 is 4.74 Å². The standard InChI is InChI=1S/C13H22O/c1-3-4-5-6-7-8-13-11-12(2)9-10-14-13/h7-9,13H,3-6,10-11H2,1-2H3/b8-7+. The Kier molecular flexibility index (Phi) is 5.62. The van der Waals surface area contributed by atoms with Crippen molar-refractivity contribution in [2.24, 2.45) is 0 Å². The van der Waals surface area contributed by atoms with Crippen molar-refractivity contribution in [1.82, 2.24) is 0 Å². The summed E-state index contributed by atoms with van der Waals surface area (Å²) in [5.41, 5.74) is 1.46. The third-order valence-electron chi connectivity index (χ3n) is 2.59. The number of allylic oxidation sites excluding steroid dienone is 1. The SMILES string of the molecule is CCCCC/C=C/C1CC(C)=CCO1. The van der Waals surface area contributed by atoms with E-state index in [1.807, 2.05) is 0 Å². The van der Waals surface area contributed by atoms with E-state index in [-0.39, 0.29) is 0 Å². The molecule has 0 aliphatic carbocycles. The second-order valence-electron chi connectivity index (χ2n) is 4.05. The molecule has 0 bridgehead atoms. The minimum absolute atomic E-state index is 0.335. The predicted octanol–water partition coefficient (Wildman–Crippen LogP) is 3.86. The van der Waals surface area contributed by atoms with E-state index < -0.39 is 0 Å². The van der Waals surface area contributed by atoms with Crippen LogP contribution in [0, 0.1) is 0 Å². The molecule has 0 saturated carbocycles. The van der Waals surface area contributed by atoms with Crippen LogP contribution >= 0.6 is 0 Å². The Hall–Kier alpha value is -0.560. The average molecular weight is 194 g/mol. The van der Waals surface area contributed by atoms with Crippen LogP contribution in [0.3, 0.4) is 0 Å². The first-order chi connectivity index (χ1) is 6.83. The molecule has 1 atom stereocenters. The van der Waals surface area contributed by atoms with Crippen LogP contribution in [-0.4, -0.2) is 12.7 Å². The fourth-order valence-corrected chi connectivity index (χ4v) is 1.66. The van der Waals surface area contributed by atoms with Crippen LogP contribution in [0.5, 0.6) is 0 Å². The zero-order valence-corrected chi connectivity index (χ0v) is 9.46. The van der Waals surface area contributed by atoms with Gasteiger partial charge in [-0.15, -0.1) is 0 Å². The largest absolute Gasteiger partial charge is 0.370 e. The first kappa shape index (κ1) is 11.5. The van der Waals surface area contributed by atoms with Gasteiger partial charge in [0.15, 0.2) is 0 Å². The van der Waals surface area contributed by atoms with Gasteiger partial charge in [-0.3, -0.25) is 0 Å². The molecule has 1 aliphatic rings. The lowest BCUT2D eigenvalue weighted by molar-refractivity contribution is 0.0986. The van der Waals surface area contributed by atoms with Gasteiger partial charge in [-0.05, 0) is 26.2 Å². The van der Waals surface area contributed by atoms with Crippen LogP contribution in [0.1, 0.15) is 46.0 Å². The van der Waals surface area contributed by atoms with Crippen LogP contribution in [0.2, 0.25) is 0 Å². The molecule has 0 spiro atoms. The fraction of sp³-hybridized carbons (Fsp3) is 0.692. The van der Waals surface area contributed by atoms with Gasteiger partial charge in [-0.1, -0.05) is 43.6 Å². The van der Waals surface area contributed by atoms with E-state index in [1.54, 1.807) is 0 Å². The highest BCUT2D eigenvalue weighted by Gasteiger charge is 2.09. The Balaban J connectivity index is 2.14. The molecule has 0 saturated heterocycles. The van der Waals surface area contributed by atoms with Gasteiger partial charge < -0.3 is 4.74 Å². The van der Waals surface area contributed by atoms with E-state index in [9.17, 15) is 0 Å². The van der Waals surface area contributed by atoms with Crippen LogP contribution in [0.25, 0.3) is 0 Å². The van der Waals surface area contributed by atoms with Gasteiger partial charge in [0, 0.05) is 0 Å². The summed E-state index contributed by atoms with van der Waals surface area (Å²) in [4.78, 5) is 0. The number of rotatable bonds is 5. The maximum atomic E-state index is 5.59. The van der Waals surface area contributed by atoms with Crippen LogP contribution in [-0.2, 0) is 4.74 Å². The molecule has 1 rings (SSSR count). The lowest BCUT2D eigenvalue weighted by Crippen LogP contribution is -2.15. The third kappa shape index (κ3) is 4.61. The van der Waals surface area contributed by atoms with Gasteiger partial charge >= 0.3 is 0 Å².